The van der Waals surface area contributed by atoms with Crippen LogP contribution in [0.5, 0.6) is 0 Å². The number of thioether (sulfide) groups is 1. The van der Waals surface area contributed by atoms with Crippen LogP contribution >= 0.6 is 11.8 Å². The molecule has 6 nitrogen and oxygen atoms in total. The van der Waals surface area contributed by atoms with Crippen molar-refractivity contribution in [1.82, 2.24) is 4.31 Å². The molecule has 2 heterocycles. The summed E-state index contributed by atoms with van der Waals surface area (Å²) in [6, 6.07) is 16.7. The van der Waals surface area contributed by atoms with Crippen LogP contribution in [0.15, 0.2) is 75.1 Å². The number of hydrogen-bond donors (Lipinski definition) is 1. The first-order chi connectivity index (χ1) is 15.4. The van der Waals surface area contributed by atoms with E-state index >= 15 is 0 Å². The van der Waals surface area contributed by atoms with Crippen LogP contribution in [0.3, 0.4) is 0 Å². The summed E-state index contributed by atoms with van der Waals surface area (Å²) >= 11 is 1.61. The largest absolute Gasteiger partial charge is 0.459 e. The Morgan fingerprint density at radius 1 is 1.06 bits per heavy atom. The van der Waals surface area contributed by atoms with E-state index in [9.17, 15) is 13.2 Å². The topological polar surface area (TPSA) is 79.6 Å². The van der Waals surface area contributed by atoms with Crippen LogP contribution in [-0.4, -0.2) is 31.7 Å². The first-order valence-corrected chi connectivity index (χ1v) is 13.0. The van der Waals surface area contributed by atoms with Crippen molar-refractivity contribution in [2.75, 3.05) is 18.4 Å². The van der Waals surface area contributed by atoms with Gasteiger partial charge >= 0.3 is 0 Å². The number of aryl methyl sites for hydroxylation is 1. The minimum absolute atomic E-state index is 0.231. The zero-order valence-electron chi connectivity index (χ0n) is 17.9. The van der Waals surface area contributed by atoms with E-state index < -0.39 is 15.9 Å². The Hall–Kier alpha value is -2.55. The highest BCUT2D eigenvalue weighted by Gasteiger charge is 2.28. The molecule has 1 aromatic heterocycles. The molecule has 32 heavy (non-hydrogen) atoms. The lowest BCUT2D eigenvalue weighted by atomic mass is 10.2. The highest BCUT2D eigenvalue weighted by atomic mass is 32.2. The van der Waals surface area contributed by atoms with Crippen LogP contribution in [0.2, 0.25) is 0 Å². The number of amides is 1. The highest BCUT2D eigenvalue weighted by molar-refractivity contribution is 7.98. The maximum atomic E-state index is 13.1. The number of carbonyl (C=O) groups is 1. The quantitative estimate of drug-likeness (QED) is 0.474. The summed E-state index contributed by atoms with van der Waals surface area (Å²) in [6.07, 6.45) is 4.29. The van der Waals surface area contributed by atoms with Gasteiger partial charge in [-0.3, -0.25) is 4.79 Å². The minimum atomic E-state index is -3.60. The number of benzene rings is 2. The van der Waals surface area contributed by atoms with Gasteiger partial charge in [0.15, 0.2) is 5.76 Å². The molecule has 0 unspecified atom stereocenters. The van der Waals surface area contributed by atoms with Gasteiger partial charge in [0, 0.05) is 35.0 Å². The van der Waals surface area contributed by atoms with Gasteiger partial charge in [-0.25, -0.2) is 8.42 Å². The molecule has 2 aromatic carbocycles. The smallest absolute Gasteiger partial charge is 0.291 e. The summed E-state index contributed by atoms with van der Waals surface area (Å²) in [5.41, 5.74) is 1.87. The molecule has 1 aliphatic heterocycles. The molecule has 0 saturated carbocycles. The van der Waals surface area contributed by atoms with Crippen molar-refractivity contribution in [2.45, 2.75) is 41.7 Å². The van der Waals surface area contributed by atoms with E-state index in [1.807, 2.05) is 30.3 Å². The summed E-state index contributed by atoms with van der Waals surface area (Å²) in [6.45, 7) is 2.84. The molecule has 3 aromatic rings. The molecule has 1 aliphatic rings. The molecule has 0 bridgehead atoms. The number of rotatable bonds is 7. The second-order valence-electron chi connectivity index (χ2n) is 7.78. The van der Waals surface area contributed by atoms with Crippen LogP contribution in [-0.2, 0) is 15.8 Å². The van der Waals surface area contributed by atoms with Crippen molar-refractivity contribution in [3.63, 3.8) is 0 Å². The predicted octanol–water partition coefficient (Wildman–Crippen LogP) is 5.31. The summed E-state index contributed by atoms with van der Waals surface area (Å²) in [4.78, 5) is 14.2. The summed E-state index contributed by atoms with van der Waals surface area (Å²) in [5.74, 6) is 0.421. The molecule has 0 atom stereocenters. The predicted molar refractivity (Wildman–Crippen MR) is 126 cm³/mol. The highest BCUT2D eigenvalue weighted by Crippen LogP contribution is 2.28. The van der Waals surface area contributed by atoms with E-state index in [0.717, 1.165) is 29.7 Å². The van der Waals surface area contributed by atoms with Gasteiger partial charge in [0.25, 0.3) is 5.91 Å². The molecule has 1 fully saturated rings. The standard InChI is InChI=1S/C24H26N2O4S2/c1-18-10-11-20(16-22(18)32(28,29)26-13-6-3-7-14-26)25-24(27)23-19(12-15-30-23)17-31-21-8-4-2-5-9-21/h2,4-5,8-12,15-16H,3,6-7,13-14,17H2,1H3,(H,25,27). The number of sulfonamides is 1. The Morgan fingerprint density at radius 3 is 2.56 bits per heavy atom. The number of furan rings is 1. The second kappa shape index (κ2) is 9.94. The van der Waals surface area contributed by atoms with Gasteiger partial charge in [-0.15, -0.1) is 11.8 Å². The first-order valence-electron chi connectivity index (χ1n) is 10.6. The van der Waals surface area contributed by atoms with E-state index in [0.29, 0.717) is 30.1 Å². The molecule has 168 valence electrons. The summed E-state index contributed by atoms with van der Waals surface area (Å²) in [7, 11) is -3.60. The van der Waals surface area contributed by atoms with Gasteiger partial charge in [0.2, 0.25) is 10.0 Å². The van der Waals surface area contributed by atoms with Crippen molar-refractivity contribution in [1.29, 1.82) is 0 Å². The third kappa shape index (κ3) is 5.09. The van der Waals surface area contributed by atoms with Gasteiger partial charge in [0.05, 0.1) is 11.2 Å². The zero-order valence-corrected chi connectivity index (χ0v) is 19.5. The second-order valence-corrected chi connectivity index (χ2v) is 10.7. The molecule has 4 rings (SSSR count). The number of nitrogens with one attached hydrogen (secondary N) is 1. The number of hydrogen-bond acceptors (Lipinski definition) is 5. The lowest BCUT2D eigenvalue weighted by molar-refractivity contribution is 0.0995. The fraction of sp³-hybridized carbons (Fsp3) is 0.292. The molecular weight excluding hydrogens is 444 g/mol. The number of piperidine rings is 1. The van der Waals surface area contributed by atoms with Crippen molar-refractivity contribution in [3.05, 3.63) is 77.7 Å². The van der Waals surface area contributed by atoms with Crippen LogP contribution in [0.1, 0.15) is 40.9 Å². The van der Waals surface area contributed by atoms with Crippen molar-refractivity contribution < 1.29 is 17.6 Å². The van der Waals surface area contributed by atoms with E-state index in [4.69, 9.17) is 4.42 Å². The van der Waals surface area contributed by atoms with Crippen molar-refractivity contribution in [3.8, 4) is 0 Å². The SMILES string of the molecule is Cc1ccc(NC(=O)c2occc2CSc2ccccc2)cc1S(=O)(=O)N1CCCCC1. The van der Waals surface area contributed by atoms with E-state index in [2.05, 4.69) is 5.32 Å². The molecular formula is C24H26N2O4S2. The summed E-state index contributed by atoms with van der Waals surface area (Å²) in [5, 5.41) is 2.80. The van der Waals surface area contributed by atoms with Gasteiger partial charge in [0.1, 0.15) is 0 Å². The van der Waals surface area contributed by atoms with Crippen LogP contribution in [0.25, 0.3) is 0 Å². The lowest BCUT2D eigenvalue weighted by Gasteiger charge is -2.26. The lowest BCUT2D eigenvalue weighted by Crippen LogP contribution is -2.36. The zero-order chi connectivity index (χ0) is 22.6. The van der Waals surface area contributed by atoms with E-state index in [1.165, 1.54) is 10.6 Å². The summed E-state index contributed by atoms with van der Waals surface area (Å²) < 4.78 is 33.3. The Morgan fingerprint density at radius 2 is 1.81 bits per heavy atom. The van der Waals surface area contributed by atoms with Crippen LogP contribution < -0.4 is 5.32 Å². The molecule has 1 amide bonds. The Bertz CT molecular complexity index is 1180. The Balaban J connectivity index is 1.50. The Labute approximate surface area is 193 Å². The van der Waals surface area contributed by atoms with Crippen molar-refractivity contribution in [2.24, 2.45) is 0 Å². The maximum Gasteiger partial charge on any atom is 0.291 e. The number of carbonyl (C=O) groups excluding carboxylic acids is 1. The number of nitrogens with zero attached hydrogens (tertiary/aromatic N) is 1. The average Bonchev–Trinajstić information content (AvgIpc) is 3.29. The molecule has 1 saturated heterocycles. The monoisotopic (exact) mass is 470 g/mol. The van der Waals surface area contributed by atoms with Gasteiger partial charge < -0.3 is 9.73 Å². The van der Waals surface area contributed by atoms with Gasteiger partial charge in [-0.05, 0) is 55.7 Å². The maximum absolute atomic E-state index is 13.1. The average molecular weight is 471 g/mol. The normalized spacial score (nSPS) is 14.9. The molecule has 0 aliphatic carbocycles. The first kappa shape index (κ1) is 22.6. The number of anilines is 1. The fourth-order valence-corrected chi connectivity index (χ4v) is 6.38. The molecule has 0 radical (unpaired) electrons. The molecule has 1 N–H and O–H groups in total. The van der Waals surface area contributed by atoms with Crippen LogP contribution in [0, 0.1) is 6.92 Å². The Kier molecular flexibility index (Phi) is 7.03. The molecule has 0 spiro atoms. The van der Waals surface area contributed by atoms with Crippen LogP contribution in [0.4, 0.5) is 5.69 Å². The fourth-order valence-electron chi connectivity index (χ4n) is 3.71. The third-order valence-electron chi connectivity index (χ3n) is 5.47. The van der Waals surface area contributed by atoms with Gasteiger partial charge in [-0.2, -0.15) is 4.31 Å². The molecule has 8 heteroatoms. The van der Waals surface area contributed by atoms with E-state index in [1.54, 1.807) is 43.0 Å². The minimum Gasteiger partial charge on any atom is -0.459 e. The third-order valence-corrected chi connectivity index (χ3v) is 8.57. The van der Waals surface area contributed by atoms with Crippen molar-refractivity contribution >= 4 is 33.4 Å². The van der Waals surface area contributed by atoms with Gasteiger partial charge in [-0.1, -0.05) is 30.7 Å². The van der Waals surface area contributed by atoms with E-state index in [-0.39, 0.29) is 10.7 Å².